The zero-order chi connectivity index (χ0) is 19.0. The molecular weight excluding hydrogens is 342 g/mol. The lowest BCUT2D eigenvalue weighted by Crippen LogP contribution is -2.60. The molecule has 1 unspecified atom stereocenters. The van der Waals surface area contributed by atoms with E-state index in [4.69, 9.17) is 4.52 Å². The van der Waals surface area contributed by atoms with Gasteiger partial charge in [-0.2, -0.15) is 4.98 Å². The quantitative estimate of drug-likeness (QED) is 0.785. The van der Waals surface area contributed by atoms with Crippen molar-refractivity contribution in [2.24, 2.45) is 5.92 Å². The number of hydrogen-bond donors (Lipinski definition) is 0. The van der Waals surface area contributed by atoms with Crippen LogP contribution in [0.5, 0.6) is 0 Å². The second kappa shape index (κ2) is 7.51. The summed E-state index contributed by atoms with van der Waals surface area (Å²) in [5.41, 5.74) is 0.0765. The highest BCUT2D eigenvalue weighted by atomic mass is 16.5. The van der Waals surface area contributed by atoms with Crippen LogP contribution in [-0.2, 0) is 11.3 Å². The Morgan fingerprint density at radius 2 is 2.04 bits per heavy atom. The van der Waals surface area contributed by atoms with Crippen LogP contribution in [0.1, 0.15) is 63.6 Å². The molecule has 150 valence electrons. The van der Waals surface area contributed by atoms with Gasteiger partial charge in [0, 0.05) is 50.6 Å². The molecule has 1 aliphatic carbocycles. The van der Waals surface area contributed by atoms with Gasteiger partial charge in [-0.15, -0.1) is 0 Å². The van der Waals surface area contributed by atoms with Crippen LogP contribution in [0.3, 0.4) is 0 Å². The molecule has 7 heteroatoms. The van der Waals surface area contributed by atoms with Crippen molar-refractivity contribution in [3.63, 3.8) is 0 Å². The minimum absolute atomic E-state index is 0.0765. The molecule has 3 heterocycles. The van der Waals surface area contributed by atoms with E-state index in [-0.39, 0.29) is 11.5 Å². The first-order valence-electron chi connectivity index (χ1n) is 10.5. The van der Waals surface area contributed by atoms with Crippen LogP contribution in [0, 0.1) is 5.92 Å². The number of amides is 1. The van der Waals surface area contributed by atoms with Gasteiger partial charge < -0.3 is 9.42 Å². The van der Waals surface area contributed by atoms with Crippen molar-refractivity contribution in [2.45, 2.75) is 64.0 Å². The molecule has 1 atom stereocenters. The van der Waals surface area contributed by atoms with Gasteiger partial charge in [0.05, 0.1) is 6.54 Å². The Bertz CT molecular complexity index is 671. The van der Waals surface area contributed by atoms with Gasteiger partial charge in [-0.05, 0) is 38.6 Å². The van der Waals surface area contributed by atoms with E-state index in [1.807, 2.05) is 0 Å². The summed E-state index contributed by atoms with van der Waals surface area (Å²) < 4.78 is 5.46. The third-order valence-electron chi connectivity index (χ3n) is 6.62. The predicted molar refractivity (Wildman–Crippen MR) is 102 cm³/mol. The van der Waals surface area contributed by atoms with Crippen LogP contribution >= 0.6 is 0 Å². The van der Waals surface area contributed by atoms with Crippen LogP contribution < -0.4 is 0 Å². The minimum Gasteiger partial charge on any atom is -0.342 e. The highest BCUT2D eigenvalue weighted by Crippen LogP contribution is 2.35. The molecule has 0 aromatic carbocycles. The molecule has 1 amide bonds. The van der Waals surface area contributed by atoms with E-state index in [2.05, 4.69) is 45.7 Å². The molecule has 1 saturated carbocycles. The molecule has 2 saturated heterocycles. The van der Waals surface area contributed by atoms with Gasteiger partial charge in [0.15, 0.2) is 5.82 Å². The number of hydrogen-bond acceptors (Lipinski definition) is 6. The molecule has 3 fully saturated rings. The third-order valence-corrected chi connectivity index (χ3v) is 6.62. The Kier molecular flexibility index (Phi) is 5.25. The van der Waals surface area contributed by atoms with Gasteiger partial charge in [0.1, 0.15) is 0 Å². The summed E-state index contributed by atoms with van der Waals surface area (Å²) in [6.07, 6.45) is 5.26. The molecule has 1 spiro atoms. The molecule has 0 bridgehead atoms. The zero-order valence-corrected chi connectivity index (χ0v) is 17.0. The number of aromatic nitrogens is 2. The largest absolute Gasteiger partial charge is 0.342 e. The molecule has 3 aliphatic rings. The van der Waals surface area contributed by atoms with Crippen molar-refractivity contribution >= 4 is 5.91 Å². The molecular formula is C20H33N5O2. The molecule has 1 aromatic rings. The summed E-state index contributed by atoms with van der Waals surface area (Å²) in [4.78, 5) is 24.2. The molecule has 1 aromatic heterocycles. The average Bonchev–Trinajstić information content (AvgIpc) is 3.36. The topological polar surface area (TPSA) is 65.7 Å². The van der Waals surface area contributed by atoms with Crippen LogP contribution in [0.25, 0.3) is 0 Å². The van der Waals surface area contributed by atoms with Gasteiger partial charge in [0.25, 0.3) is 0 Å². The maximum absolute atomic E-state index is 12.6. The van der Waals surface area contributed by atoms with Gasteiger partial charge >= 0.3 is 0 Å². The summed E-state index contributed by atoms with van der Waals surface area (Å²) in [6.45, 7) is 9.71. The smallest absolute Gasteiger partial charge is 0.240 e. The Hall–Kier alpha value is -1.47. The Balaban J connectivity index is 1.42. The molecule has 2 aliphatic heterocycles. The molecule has 7 nitrogen and oxygen atoms in total. The summed E-state index contributed by atoms with van der Waals surface area (Å²) in [6, 6.07) is 0. The maximum atomic E-state index is 12.6. The van der Waals surface area contributed by atoms with Crippen molar-refractivity contribution < 1.29 is 9.32 Å². The number of nitrogens with zero attached hydrogens (tertiary/aromatic N) is 5. The highest BCUT2D eigenvalue weighted by molar-refractivity contribution is 5.76. The number of likely N-dealkylation sites (tertiary alicyclic amines) is 1. The number of carbonyl (C=O) groups is 1. The van der Waals surface area contributed by atoms with E-state index in [1.165, 1.54) is 12.8 Å². The lowest BCUT2D eigenvalue weighted by molar-refractivity contribution is -0.131. The molecule has 4 rings (SSSR count). The van der Waals surface area contributed by atoms with Crippen LogP contribution in [0.2, 0.25) is 0 Å². The monoisotopic (exact) mass is 375 g/mol. The predicted octanol–water partition coefficient (Wildman–Crippen LogP) is 2.10. The van der Waals surface area contributed by atoms with Crippen LogP contribution in [-0.4, -0.2) is 76.1 Å². The van der Waals surface area contributed by atoms with E-state index >= 15 is 0 Å². The third kappa shape index (κ3) is 4.19. The Morgan fingerprint density at radius 1 is 1.22 bits per heavy atom. The SMILES string of the molecule is CC(C)c1noc(CN2CCN(C)C3(CCC(=O)N(CC4CC4)CC3)C2)n1. The van der Waals surface area contributed by atoms with Crippen molar-refractivity contribution in [1.29, 1.82) is 0 Å². The maximum Gasteiger partial charge on any atom is 0.240 e. The average molecular weight is 376 g/mol. The second-order valence-electron chi connectivity index (χ2n) is 9.09. The second-order valence-corrected chi connectivity index (χ2v) is 9.09. The fourth-order valence-electron chi connectivity index (χ4n) is 4.47. The molecule has 0 N–H and O–H groups in total. The van der Waals surface area contributed by atoms with E-state index < -0.39 is 0 Å². The van der Waals surface area contributed by atoms with Gasteiger partial charge in [-0.1, -0.05) is 19.0 Å². The van der Waals surface area contributed by atoms with Gasteiger partial charge in [-0.25, -0.2) is 0 Å². The first-order chi connectivity index (χ1) is 12.9. The summed E-state index contributed by atoms with van der Waals surface area (Å²) in [5.74, 6) is 2.88. The van der Waals surface area contributed by atoms with Crippen molar-refractivity contribution in [1.82, 2.24) is 24.8 Å². The van der Waals surface area contributed by atoms with Crippen molar-refractivity contribution in [3.05, 3.63) is 11.7 Å². The number of carbonyl (C=O) groups excluding carboxylic acids is 1. The molecule has 0 radical (unpaired) electrons. The fourth-order valence-corrected chi connectivity index (χ4v) is 4.47. The lowest BCUT2D eigenvalue weighted by Gasteiger charge is -2.49. The first kappa shape index (κ1) is 18.9. The first-order valence-corrected chi connectivity index (χ1v) is 10.5. The van der Waals surface area contributed by atoms with Gasteiger partial charge in [0.2, 0.25) is 11.8 Å². The number of rotatable bonds is 5. The van der Waals surface area contributed by atoms with E-state index in [9.17, 15) is 4.79 Å². The Morgan fingerprint density at radius 3 is 2.74 bits per heavy atom. The van der Waals surface area contributed by atoms with E-state index in [0.29, 0.717) is 24.8 Å². The molecule has 27 heavy (non-hydrogen) atoms. The summed E-state index contributed by atoms with van der Waals surface area (Å²) in [7, 11) is 2.22. The van der Waals surface area contributed by atoms with Crippen LogP contribution in [0.4, 0.5) is 0 Å². The number of likely N-dealkylation sites (N-methyl/N-ethyl adjacent to an activating group) is 1. The summed E-state index contributed by atoms with van der Waals surface area (Å²) >= 11 is 0. The lowest BCUT2D eigenvalue weighted by atomic mass is 9.86. The normalized spacial score (nSPS) is 28.3. The highest BCUT2D eigenvalue weighted by Gasteiger charge is 2.43. The van der Waals surface area contributed by atoms with E-state index in [0.717, 1.165) is 57.3 Å². The standard InChI is InChI=1S/C20H33N5O2/c1-15(2)19-21-17(27-22-19)13-24-11-10-23(3)20(14-24)7-6-18(26)25(9-8-20)12-16-4-5-16/h15-16H,4-14H2,1-3H3. The van der Waals surface area contributed by atoms with E-state index in [1.54, 1.807) is 0 Å². The van der Waals surface area contributed by atoms with Crippen LogP contribution in [0.15, 0.2) is 4.52 Å². The van der Waals surface area contributed by atoms with Crippen molar-refractivity contribution in [2.75, 3.05) is 39.8 Å². The zero-order valence-electron chi connectivity index (χ0n) is 17.0. The van der Waals surface area contributed by atoms with Crippen molar-refractivity contribution in [3.8, 4) is 0 Å². The Labute approximate surface area is 162 Å². The minimum atomic E-state index is 0.0765. The summed E-state index contributed by atoms with van der Waals surface area (Å²) in [5, 5.41) is 4.09. The number of piperazine rings is 1. The fraction of sp³-hybridized carbons (Fsp3) is 0.850. The van der Waals surface area contributed by atoms with Gasteiger partial charge in [-0.3, -0.25) is 14.6 Å².